The number of ether oxygens (including phenoxy) is 1. The number of carbonyl (C=O) groups excluding carboxylic acids is 2. The number of hydrogen-bond acceptors (Lipinski definition) is 3. The molecule has 1 aliphatic carbocycles. The van der Waals surface area contributed by atoms with E-state index in [-0.39, 0.29) is 24.4 Å². The summed E-state index contributed by atoms with van der Waals surface area (Å²) in [7, 11) is 0. The van der Waals surface area contributed by atoms with Crippen molar-refractivity contribution >= 4 is 11.8 Å². The van der Waals surface area contributed by atoms with Gasteiger partial charge >= 0.3 is 0 Å². The number of nitrogens with zero attached hydrogens (tertiary/aromatic N) is 1. The molecule has 1 unspecified atom stereocenters. The summed E-state index contributed by atoms with van der Waals surface area (Å²) in [5.41, 5.74) is 0. The van der Waals surface area contributed by atoms with Gasteiger partial charge in [-0.1, -0.05) is 19.3 Å². The SMILES string of the molecule is CCOCCN1CC(=O)NC(C2CCCCC2)C1=O. The Balaban J connectivity index is 1.94. The molecule has 5 heteroatoms. The lowest BCUT2D eigenvalue weighted by Crippen LogP contribution is -2.61. The van der Waals surface area contributed by atoms with Crippen molar-refractivity contribution in [2.75, 3.05) is 26.3 Å². The molecule has 2 amide bonds. The molecule has 0 aromatic heterocycles. The first-order valence-electron chi connectivity index (χ1n) is 7.38. The van der Waals surface area contributed by atoms with Crippen molar-refractivity contribution in [3.05, 3.63) is 0 Å². The van der Waals surface area contributed by atoms with Gasteiger partial charge in [-0.3, -0.25) is 9.59 Å². The molecule has 0 spiro atoms. The Morgan fingerprint density at radius 1 is 1.26 bits per heavy atom. The van der Waals surface area contributed by atoms with Gasteiger partial charge in [0, 0.05) is 13.2 Å². The molecule has 0 bridgehead atoms. The van der Waals surface area contributed by atoms with Crippen LogP contribution in [0.4, 0.5) is 0 Å². The van der Waals surface area contributed by atoms with Crippen molar-refractivity contribution in [2.45, 2.75) is 45.1 Å². The van der Waals surface area contributed by atoms with Crippen LogP contribution in [0.25, 0.3) is 0 Å². The second-order valence-electron chi connectivity index (χ2n) is 5.40. The monoisotopic (exact) mass is 268 g/mol. The van der Waals surface area contributed by atoms with Crippen LogP contribution in [-0.4, -0.2) is 49.1 Å². The zero-order valence-electron chi connectivity index (χ0n) is 11.7. The first kappa shape index (κ1) is 14.3. The van der Waals surface area contributed by atoms with Gasteiger partial charge in [0.05, 0.1) is 13.2 Å². The van der Waals surface area contributed by atoms with E-state index in [9.17, 15) is 9.59 Å². The van der Waals surface area contributed by atoms with Crippen LogP contribution in [0.1, 0.15) is 39.0 Å². The molecule has 1 N–H and O–H groups in total. The van der Waals surface area contributed by atoms with Gasteiger partial charge in [-0.2, -0.15) is 0 Å². The molecule has 1 aliphatic heterocycles. The third-order valence-electron chi connectivity index (χ3n) is 4.06. The predicted molar refractivity (Wildman–Crippen MR) is 71.6 cm³/mol. The van der Waals surface area contributed by atoms with Crippen molar-refractivity contribution < 1.29 is 14.3 Å². The van der Waals surface area contributed by atoms with Gasteiger partial charge in [-0.25, -0.2) is 0 Å². The maximum Gasteiger partial charge on any atom is 0.245 e. The maximum atomic E-state index is 12.4. The van der Waals surface area contributed by atoms with E-state index in [0.29, 0.717) is 25.7 Å². The zero-order chi connectivity index (χ0) is 13.7. The number of rotatable bonds is 5. The minimum absolute atomic E-state index is 0.0355. The molecular formula is C14H24N2O3. The summed E-state index contributed by atoms with van der Waals surface area (Å²) in [6.07, 6.45) is 5.69. The van der Waals surface area contributed by atoms with Gasteiger partial charge < -0.3 is 15.0 Å². The van der Waals surface area contributed by atoms with Crippen LogP contribution in [0, 0.1) is 5.92 Å². The Morgan fingerprint density at radius 3 is 2.68 bits per heavy atom. The molecule has 0 radical (unpaired) electrons. The van der Waals surface area contributed by atoms with E-state index in [1.54, 1.807) is 4.90 Å². The Morgan fingerprint density at radius 2 is 2.00 bits per heavy atom. The number of carbonyl (C=O) groups is 2. The predicted octanol–water partition coefficient (Wildman–Crippen LogP) is 0.930. The lowest BCUT2D eigenvalue weighted by molar-refractivity contribution is -0.146. The first-order valence-corrected chi connectivity index (χ1v) is 7.38. The van der Waals surface area contributed by atoms with Crippen LogP contribution in [0.15, 0.2) is 0 Å². The molecule has 2 fully saturated rings. The fraction of sp³-hybridized carbons (Fsp3) is 0.857. The summed E-state index contributed by atoms with van der Waals surface area (Å²) >= 11 is 0. The number of nitrogens with one attached hydrogen (secondary N) is 1. The number of amides is 2. The van der Waals surface area contributed by atoms with Gasteiger partial charge in [-0.15, -0.1) is 0 Å². The van der Waals surface area contributed by atoms with Crippen LogP contribution in [0.5, 0.6) is 0 Å². The third kappa shape index (κ3) is 3.69. The fourth-order valence-corrected chi connectivity index (χ4v) is 3.02. The van der Waals surface area contributed by atoms with E-state index in [0.717, 1.165) is 12.8 Å². The van der Waals surface area contributed by atoms with Crippen molar-refractivity contribution in [3.8, 4) is 0 Å². The Hall–Kier alpha value is -1.10. The van der Waals surface area contributed by atoms with Crippen LogP contribution < -0.4 is 5.32 Å². The zero-order valence-corrected chi connectivity index (χ0v) is 11.7. The molecule has 1 heterocycles. The van der Waals surface area contributed by atoms with Crippen LogP contribution in [0.2, 0.25) is 0 Å². The Labute approximate surface area is 114 Å². The number of hydrogen-bond donors (Lipinski definition) is 1. The van der Waals surface area contributed by atoms with E-state index in [1.165, 1.54) is 19.3 Å². The normalized spacial score (nSPS) is 25.5. The Kier molecular flexibility index (Phi) is 5.19. The smallest absolute Gasteiger partial charge is 0.245 e. The third-order valence-corrected chi connectivity index (χ3v) is 4.06. The van der Waals surface area contributed by atoms with Gasteiger partial charge in [-0.05, 0) is 25.7 Å². The average molecular weight is 268 g/mol. The molecule has 0 aromatic carbocycles. The van der Waals surface area contributed by atoms with Gasteiger partial charge in [0.15, 0.2) is 0 Å². The highest BCUT2D eigenvalue weighted by atomic mass is 16.5. The summed E-state index contributed by atoms with van der Waals surface area (Å²) in [6, 6.07) is -0.303. The molecule has 108 valence electrons. The molecule has 19 heavy (non-hydrogen) atoms. The standard InChI is InChI=1S/C14H24N2O3/c1-2-19-9-8-16-10-12(17)15-13(14(16)18)11-6-4-3-5-7-11/h11,13H,2-10H2,1H3,(H,15,17). The molecular weight excluding hydrogens is 244 g/mol. The summed E-state index contributed by atoms with van der Waals surface area (Å²) in [5.74, 6) is 0.359. The maximum absolute atomic E-state index is 12.4. The van der Waals surface area contributed by atoms with Gasteiger partial charge in [0.2, 0.25) is 11.8 Å². The lowest BCUT2D eigenvalue weighted by atomic mass is 9.82. The van der Waals surface area contributed by atoms with Crippen LogP contribution in [0.3, 0.4) is 0 Å². The highest BCUT2D eigenvalue weighted by Crippen LogP contribution is 2.28. The minimum Gasteiger partial charge on any atom is -0.380 e. The fourth-order valence-electron chi connectivity index (χ4n) is 3.02. The van der Waals surface area contributed by atoms with Crippen molar-refractivity contribution in [3.63, 3.8) is 0 Å². The second kappa shape index (κ2) is 6.89. The first-order chi connectivity index (χ1) is 9.22. The molecule has 1 saturated heterocycles. The van der Waals surface area contributed by atoms with E-state index < -0.39 is 0 Å². The minimum atomic E-state index is -0.303. The van der Waals surface area contributed by atoms with Gasteiger partial charge in [0.1, 0.15) is 6.04 Å². The van der Waals surface area contributed by atoms with E-state index in [1.807, 2.05) is 6.92 Å². The van der Waals surface area contributed by atoms with Crippen LogP contribution in [-0.2, 0) is 14.3 Å². The Bertz CT molecular complexity index is 327. The lowest BCUT2D eigenvalue weighted by Gasteiger charge is -2.37. The van der Waals surface area contributed by atoms with Crippen LogP contribution >= 0.6 is 0 Å². The summed E-state index contributed by atoms with van der Waals surface area (Å²) in [5, 5.41) is 2.89. The van der Waals surface area contributed by atoms with E-state index in [2.05, 4.69) is 5.32 Å². The van der Waals surface area contributed by atoms with Crippen molar-refractivity contribution in [1.29, 1.82) is 0 Å². The summed E-state index contributed by atoms with van der Waals surface area (Å²) in [4.78, 5) is 25.8. The second-order valence-corrected chi connectivity index (χ2v) is 5.40. The topological polar surface area (TPSA) is 58.6 Å². The van der Waals surface area contributed by atoms with E-state index in [4.69, 9.17) is 4.74 Å². The average Bonchev–Trinajstić information content (AvgIpc) is 2.43. The highest BCUT2D eigenvalue weighted by molar-refractivity contribution is 5.95. The van der Waals surface area contributed by atoms with E-state index >= 15 is 0 Å². The quantitative estimate of drug-likeness (QED) is 0.755. The molecule has 5 nitrogen and oxygen atoms in total. The highest BCUT2D eigenvalue weighted by Gasteiger charge is 2.37. The molecule has 2 aliphatic rings. The number of piperazine rings is 1. The molecule has 2 rings (SSSR count). The van der Waals surface area contributed by atoms with Crippen molar-refractivity contribution in [1.82, 2.24) is 10.2 Å². The van der Waals surface area contributed by atoms with Gasteiger partial charge in [0.25, 0.3) is 0 Å². The van der Waals surface area contributed by atoms with Crippen molar-refractivity contribution in [2.24, 2.45) is 5.92 Å². The molecule has 0 aromatic rings. The largest absolute Gasteiger partial charge is 0.380 e. The summed E-state index contributed by atoms with van der Waals surface area (Å²) in [6.45, 7) is 3.77. The molecule has 1 atom stereocenters. The molecule has 1 saturated carbocycles. The summed E-state index contributed by atoms with van der Waals surface area (Å²) < 4.78 is 5.27.